The Kier molecular flexibility index (Phi) is 7.00. The molecule has 3 rings (SSSR count). The van der Waals surface area contributed by atoms with Crippen molar-refractivity contribution in [1.82, 2.24) is 9.55 Å². The molecule has 2 N–H and O–H groups in total. The molecule has 0 aliphatic carbocycles. The van der Waals surface area contributed by atoms with Crippen molar-refractivity contribution in [1.29, 1.82) is 0 Å². The zero-order valence-corrected chi connectivity index (χ0v) is 18.9. The Morgan fingerprint density at radius 3 is 2.79 bits per heavy atom. The first-order chi connectivity index (χ1) is 13.7. The van der Waals surface area contributed by atoms with Gasteiger partial charge >= 0.3 is 0 Å². The quantitative estimate of drug-likeness (QED) is 0.394. The van der Waals surface area contributed by atoms with Crippen molar-refractivity contribution in [3.8, 4) is 0 Å². The van der Waals surface area contributed by atoms with Gasteiger partial charge in [-0.15, -0.1) is 0 Å². The lowest BCUT2D eigenvalue weighted by Gasteiger charge is -2.14. The summed E-state index contributed by atoms with van der Waals surface area (Å²) in [6.07, 6.45) is -0.734. The number of carbonyl (C=O) groups is 1. The molecular weight excluding hydrogens is 478 g/mol. The van der Waals surface area contributed by atoms with E-state index in [0.717, 1.165) is 21.8 Å². The maximum atomic E-state index is 12.9. The first-order valence-electron chi connectivity index (χ1n) is 8.81. The van der Waals surface area contributed by atoms with E-state index in [0.29, 0.717) is 26.8 Å². The number of nitrogens with one attached hydrogen (secondary N) is 1. The molecule has 0 aliphatic heterocycles. The monoisotopic (exact) mass is 495 g/mol. The van der Waals surface area contributed by atoms with Crippen molar-refractivity contribution in [2.75, 3.05) is 11.1 Å². The third-order valence-corrected chi connectivity index (χ3v) is 5.99. The van der Waals surface area contributed by atoms with Gasteiger partial charge in [-0.1, -0.05) is 45.4 Å². The summed E-state index contributed by atoms with van der Waals surface area (Å²) in [5.41, 5.74) is 1.80. The van der Waals surface area contributed by atoms with Crippen LogP contribution in [0.25, 0.3) is 10.9 Å². The van der Waals surface area contributed by atoms with Gasteiger partial charge in [0.25, 0.3) is 5.56 Å². The number of carbonyl (C=O) groups excluding carboxylic acids is 1. The molecule has 1 aromatic heterocycles. The molecule has 1 heterocycles. The number of rotatable bonds is 6. The number of nitrogens with zero attached hydrogens (tertiary/aromatic N) is 2. The zero-order valence-electron chi connectivity index (χ0n) is 15.8. The number of hydrogen-bond donors (Lipinski definition) is 2. The van der Waals surface area contributed by atoms with Gasteiger partial charge in [-0.25, -0.2) is 4.98 Å². The zero-order chi connectivity index (χ0) is 21.1. The van der Waals surface area contributed by atoms with Crippen molar-refractivity contribution < 1.29 is 9.90 Å². The average Bonchev–Trinajstić information content (AvgIpc) is 2.66. The number of aryl methyl sites for hydroxylation is 1. The first kappa shape index (κ1) is 21.8. The summed E-state index contributed by atoms with van der Waals surface area (Å²) in [7, 11) is 0. The predicted molar refractivity (Wildman–Crippen MR) is 121 cm³/mol. The number of benzene rings is 2. The van der Waals surface area contributed by atoms with Gasteiger partial charge in [-0.3, -0.25) is 14.2 Å². The Morgan fingerprint density at radius 2 is 2.10 bits per heavy atom. The molecule has 3 aromatic rings. The van der Waals surface area contributed by atoms with Crippen LogP contribution in [0.2, 0.25) is 5.02 Å². The number of hydrogen-bond acceptors (Lipinski definition) is 5. The van der Waals surface area contributed by atoms with Gasteiger partial charge in [0.2, 0.25) is 5.91 Å². The van der Waals surface area contributed by atoms with Crippen LogP contribution in [0.3, 0.4) is 0 Å². The van der Waals surface area contributed by atoms with Gasteiger partial charge in [0, 0.05) is 15.2 Å². The molecule has 1 atom stereocenters. The lowest BCUT2D eigenvalue weighted by atomic mass is 10.2. The number of amides is 1. The number of thioether (sulfide) groups is 1. The molecule has 152 valence electrons. The molecule has 0 fully saturated rings. The number of halogens is 2. The minimum atomic E-state index is -0.734. The lowest BCUT2D eigenvalue weighted by Crippen LogP contribution is -2.28. The van der Waals surface area contributed by atoms with Crippen molar-refractivity contribution in [3.05, 3.63) is 61.8 Å². The van der Waals surface area contributed by atoms with Crippen LogP contribution in [-0.4, -0.2) is 32.4 Å². The van der Waals surface area contributed by atoms with Crippen LogP contribution < -0.4 is 10.9 Å². The normalized spacial score (nSPS) is 12.2. The fourth-order valence-corrected chi connectivity index (χ4v) is 4.06. The number of anilines is 1. The highest BCUT2D eigenvalue weighted by Gasteiger charge is 2.15. The number of aliphatic hydroxyl groups excluding tert-OH is 1. The van der Waals surface area contributed by atoms with Crippen LogP contribution in [0, 0.1) is 6.92 Å². The van der Waals surface area contributed by atoms with E-state index in [2.05, 4.69) is 26.2 Å². The van der Waals surface area contributed by atoms with Gasteiger partial charge in [-0.2, -0.15) is 0 Å². The fraction of sp³-hybridized carbons (Fsp3) is 0.250. The van der Waals surface area contributed by atoms with Crippen molar-refractivity contribution in [2.45, 2.75) is 31.7 Å². The third kappa shape index (κ3) is 5.39. The van der Waals surface area contributed by atoms with E-state index in [1.165, 1.54) is 4.57 Å². The van der Waals surface area contributed by atoms with Gasteiger partial charge in [0.1, 0.15) is 0 Å². The molecule has 1 amide bonds. The highest BCUT2D eigenvalue weighted by molar-refractivity contribution is 9.10. The fourth-order valence-electron chi connectivity index (χ4n) is 2.71. The Bertz CT molecular complexity index is 1130. The van der Waals surface area contributed by atoms with Gasteiger partial charge in [0.15, 0.2) is 5.16 Å². The average molecular weight is 497 g/mol. The molecule has 0 saturated heterocycles. The number of aromatic nitrogens is 2. The second kappa shape index (κ2) is 9.30. The van der Waals surface area contributed by atoms with Crippen molar-refractivity contribution in [3.63, 3.8) is 0 Å². The Hall–Kier alpha value is -1.87. The smallest absolute Gasteiger partial charge is 0.262 e. The molecule has 0 bridgehead atoms. The molecule has 9 heteroatoms. The third-order valence-electron chi connectivity index (χ3n) is 4.12. The van der Waals surface area contributed by atoms with Crippen LogP contribution in [0.5, 0.6) is 0 Å². The standard InChI is InChI=1S/C20H19BrClN3O3S/c1-11-3-5-14(8-16(11)22)23-18(27)10-29-20-24-17-6-4-13(21)7-15(17)19(28)25(20)9-12(2)26/h3-8,12,26H,9-10H2,1-2H3,(H,23,27)/t12-/m1/s1. The van der Waals surface area contributed by atoms with Crippen molar-refractivity contribution in [2.24, 2.45) is 0 Å². The molecular formula is C20H19BrClN3O3S. The van der Waals surface area contributed by atoms with E-state index in [1.54, 1.807) is 37.3 Å². The summed E-state index contributed by atoms with van der Waals surface area (Å²) in [5.74, 6) is -0.191. The summed E-state index contributed by atoms with van der Waals surface area (Å²) in [4.78, 5) is 29.8. The summed E-state index contributed by atoms with van der Waals surface area (Å²) >= 11 is 10.6. The maximum Gasteiger partial charge on any atom is 0.262 e. The van der Waals surface area contributed by atoms with Gasteiger partial charge < -0.3 is 10.4 Å². The van der Waals surface area contributed by atoms with Gasteiger partial charge in [0.05, 0.1) is 29.3 Å². The van der Waals surface area contributed by atoms with Crippen LogP contribution >= 0.6 is 39.3 Å². The van der Waals surface area contributed by atoms with E-state index < -0.39 is 6.10 Å². The van der Waals surface area contributed by atoms with E-state index in [1.807, 2.05) is 13.0 Å². The molecule has 0 radical (unpaired) electrons. The van der Waals surface area contributed by atoms with Crippen LogP contribution in [-0.2, 0) is 11.3 Å². The predicted octanol–water partition coefficient (Wildman–Crippen LogP) is 4.23. The summed E-state index contributed by atoms with van der Waals surface area (Å²) in [6, 6.07) is 10.5. The molecule has 0 aliphatic rings. The van der Waals surface area contributed by atoms with Crippen molar-refractivity contribution >= 4 is 61.8 Å². The highest BCUT2D eigenvalue weighted by Crippen LogP contribution is 2.23. The summed E-state index contributed by atoms with van der Waals surface area (Å²) in [5, 5.41) is 14.0. The van der Waals surface area contributed by atoms with Crippen LogP contribution in [0.15, 0.2) is 50.8 Å². The Labute approximate surface area is 185 Å². The molecule has 6 nitrogen and oxygen atoms in total. The topological polar surface area (TPSA) is 84.2 Å². The second-order valence-corrected chi connectivity index (χ2v) is 8.89. The molecule has 29 heavy (non-hydrogen) atoms. The lowest BCUT2D eigenvalue weighted by molar-refractivity contribution is -0.113. The van der Waals surface area contributed by atoms with Crippen LogP contribution in [0.4, 0.5) is 5.69 Å². The largest absolute Gasteiger partial charge is 0.392 e. The minimum Gasteiger partial charge on any atom is -0.392 e. The summed E-state index contributed by atoms with van der Waals surface area (Å²) in [6.45, 7) is 3.57. The molecule has 0 spiro atoms. The van der Waals surface area contributed by atoms with E-state index in [-0.39, 0.29) is 23.8 Å². The second-order valence-electron chi connectivity index (χ2n) is 6.62. The first-order valence-corrected chi connectivity index (χ1v) is 11.0. The minimum absolute atomic E-state index is 0.0553. The molecule has 0 unspecified atom stereocenters. The maximum absolute atomic E-state index is 12.9. The summed E-state index contributed by atoms with van der Waals surface area (Å²) < 4.78 is 2.17. The number of fused-ring (bicyclic) bond motifs is 1. The van der Waals surface area contributed by atoms with E-state index >= 15 is 0 Å². The Balaban J connectivity index is 1.84. The van der Waals surface area contributed by atoms with E-state index in [4.69, 9.17) is 11.6 Å². The Morgan fingerprint density at radius 1 is 1.34 bits per heavy atom. The highest BCUT2D eigenvalue weighted by atomic mass is 79.9. The van der Waals surface area contributed by atoms with Gasteiger partial charge in [-0.05, 0) is 49.7 Å². The SMILES string of the molecule is Cc1ccc(NC(=O)CSc2nc3ccc(Br)cc3c(=O)n2C[C@@H](C)O)cc1Cl. The molecule has 2 aromatic carbocycles. The van der Waals surface area contributed by atoms with E-state index in [9.17, 15) is 14.7 Å². The molecule has 0 saturated carbocycles. The van der Waals surface area contributed by atoms with Crippen LogP contribution in [0.1, 0.15) is 12.5 Å². The number of aliphatic hydroxyl groups is 1.